The summed E-state index contributed by atoms with van der Waals surface area (Å²) in [7, 11) is -3.46. The van der Waals surface area contributed by atoms with Gasteiger partial charge in [-0.3, -0.25) is 0 Å². The van der Waals surface area contributed by atoms with Crippen LogP contribution in [0.4, 0.5) is 0 Å². The number of sulfonamides is 1. The summed E-state index contributed by atoms with van der Waals surface area (Å²) in [5.74, 6) is 0.603. The van der Waals surface area contributed by atoms with Crippen molar-refractivity contribution in [3.63, 3.8) is 0 Å². The van der Waals surface area contributed by atoms with Gasteiger partial charge in [0.1, 0.15) is 10.7 Å². The fourth-order valence-corrected chi connectivity index (χ4v) is 3.76. The summed E-state index contributed by atoms with van der Waals surface area (Å²) in [5, 5.41) is 3.18. The smallest absolute Gasteiger partial charge is 0.245 e. The molecule has 7 heteroatoms. The highest BCUT2D eigenvalue weighted by Crippen LogP contribution is 2.28. The van der Waals surface area contributed by atoms with Gasteiger partial charge in [0.2, 0.25) is 10.0 Å². The Morgan fingerprint density at radius 2 is 2.17 bits per heavy atom. The van der Waals surface area contributed by atoms with Gasteiger partial charge in [0, 0.05) is 18.2 Å². The Morgan fingerprint density at radius 1 is 1.50 bits per heavy atom. The Labute approximate surface area is 116 Å². The van der Waals surface area contributed by atoms with Crippen LogP contribution in [0.2, 0.25) is 0 Å². The molecular weight excluding hydrogens is 320 g/mol. The summed E-state index contributed by atoms with van der Waals surface area (Å²) in [6.07, 6.45) is 1.83. The zero-order valence-electron chi connectivity index (χ0n) is 10.4. The van der Waals surface area contributed by atoms with E-state index in [0.717, 1.165) is 12.8 Å². The van der Waals surface area contributed by atoms with Crippen LogP contribution >= 0.6 is 15.9 Å². The number of hydrogen-bond donors (Lipinski definition) is 2. The van der Waals surface area contributed by atoms with Crippen LogP contribution in [-0.4, -0.2) is 20.5 Å². The van der Waals surface area contributed by atoms with Crippen molar-refractivity contribution in [3.8, 4) is 0 Å². The lowest BCUT2D eigenvalue weighted by Crippen LogP contribution is -2.25. The maximum Gasteiger partial charge on any atom is 0.245 e. The molecule has 1 aromatic heterocycles. The SMILES string of the molecule is CC(C)NCc1cc(S(=O)(=O)NC2CC2)c(Br)o1. The predicted molar refractivity (Wildman–Crippen MR) is 71.7 cm³/mol. The maximum atomic E-state index is 12.0. The molecule has 0 atom stereocenters. The molecule has 1 aliphatic carbocycles. The van der Waals surface area contributed by atoms with E-state index < -0.39 is 10.0 Å². The van der Waals surface area contributed by atoms with Crippen molar-refractivity contribution in [3.05, 3.63) is 16.5 Å². The standard InChI is InChI=1S/C11H17BrN2O3S/c1-7(2)13-6-9-5-10(11(12)17-9)18(15,16)14-8-3-4-8/h5,7-8,13-14H,3-4,6H2,1-2H3. The van der Waals surface area contributed by atoms with Gasteiger partial charge in [0.05, 0.1) is 6.54 Å². The molecule has 102 valence electrons. The molecular formula is C11H17BrN2O3S. The van der Waals surface area contributed by atoms with Gasteiger partial charge in [0.15, 0.2) is 4.67 Å². The first-order valence-corrected chi connectivity index (χ1v) is 8.20. The van der Waals surface area contributed by atoms with Crippen molar-refractivity contribution < 1.29 is 12.8 Å². The van der Waals surface area contributed by atoms with Crippen LogP contribution < -0.4 is 10.0 Å². The number of furan rings is 1. The Balaban J connectivity index is 2.12. The molecule has 18 heavy (non-hydrogen) atoms. The Bertz CT molecular complexity index is 520. The Morgan fingerprint density at radius 3 is 2.72 bits per heavy atom. The average molecular weight is 337 g/mol. The number of hydrogen-bond acceptors (Lipinski definition) is 4. The second-order valence-electron chi connectivity index (χ2n) is 4.78. The second-order valence-corrected chi connectivity index (χ2v) is 7.18. The molecule has 1 aromatic rings. The first-order valence-electron chi connectivity index (χ1n) is 5.92. The van der Waals surface area contributed by atoms with Gasteiger partial charge in [-0.15, -0.1) is 0 Å². The van der Waals surface area contributed by atoms with Crippen LogP contribution in [0.15, 0.2) is 20.0 Å². The number of halogens is 1. The summed E-state index contributed by atoms with van der Waals surface area (Å²) in [4.78, 5) is 0.176. The van der Waals surface area contributed by atoms with Crippen LogP contribution in [0.25, 0.3) is 0 Å². The van der Waals surface area contributed by atoms with Gasteiger partial charge in [-0.25, -0.2) is 13.1 Å². The van der Waals surface area contributed by atoms with Crippen LogP contribution in [0.3, 0.4) is 0 Å². The zero-order valence-corrected chi connectivity index (χ0v) is 12.8. The lowest BCUT2D eigenvalue weighted by atomic mass is 10.3. The van der Waals surface area contributed by atoms with Gasteiger partial charge in [0.25, 0.3) is 0 Å². The molecule has 0 spiro atoms. The highest BCUT2D eigenvalue weighted by Gasteiger charge is 2.30. The fraction of sp³-hybridized carbons (Fsp3) is 0.636. The molecule has 0 aromatic carbocycles. The van der Waals surface area contributed by atoms with E-state index in [2.05, 4.69) is 26.0 Å². The quantitative estimate of drug-likeness (QED) is 0.833. The third-order valence-corrected chi connectivity index (χ3v) is 4.96. The van der Waals surface area contributed by atoms with E-state index in [1.807, 2.05) is 13.8 Å². The minimum absolute atomic E-state index is 0.0917. The molecule has 1 fully saturated rings. The van der Waals surface area contributed by atoms with Crippen molar-refractivity contribution in [2.75, 3.05) is 0 Å². The van der Waals surface area contributed by atoms with Crippen molar-refractivity contribution in [2.24, 2.45) is 0 Å². The maximum absolute atomic E-state index is 12.0. The fourth-order valence-electron chi connectivity index (χ4n) is 1.46. The van der Waals surface area contributed by atoms with E-state index in [-0.39, 0.29) is 15.6 Å². The highest BCUT2D eigenvalue weighted by atomic mass is 79.9. The molecule has 1 saturated carbocycles. The molecule has 0 aliphatic heterocycles. The summed E-state index contributed by atoms with van der Waals surface area (Å²) >= 11 is 3.16. The normalized spacial score (nSPS) is 16.4. The molecule has 2 rings (SSSR count). The lowest BCUT2D eigenvalue weighted by Gasteiger charge is -2.04. The number of nitrogens with one attached hydrogen (secondary N) is 2. The van der Waals surface area contributed by atoms with E-state index in [4.69, 9.17) is 4.42 Å². The van der Waals surface area contributed by atoms with E-state index in [9.17, 15) is 8.42 Å². The molecule has 5 nitrogen and oxygen atoms in total. The predicted octanol–water partition coefficient (Wildman–Crippen LogP) is 1.98. The molecule has 0 saturated heterocycles. The van der Waals surface area contributed by atoms with Crippen LogP contribution in [0.1, 0.15) is 32.4 Å². The van der Waals surface area contributed by atoms with Gasteiger partial charge < -0.3 is 9.73 Å². The molecule has 1 aliphatic rings. The average Bonchev–Trinajstić information content (AvgIpc) is 2.95. The lowest BCUT2D eigenvalue weighted by molar-refractivity contribution is 0.447. The van der Waals surface area contributed by atoms with E-state index in [0.29, 0.717) is 18.3 Å². The minimum atomic E-state index is -3.46. The monoisotopic (exact) mass is 336 g/mol. The van der Waals surface area contributed by atoms with E-state index in [1.54, 1.807) is 6.07 Å². The largest absolute Gasteiger partial charge is 0.452 e. The van der Waals surface area contributed by atoms with Crippen LogP contribution in [0, 0.1) is 0 Å². The third kappa shape index (κ3) is 3.57. The first kappa shape index (κ1) is 14.0. The topological polar surface area (TPSA) is 71.3 Å². The molecule has 2 N–H and O–H groups in total. The van der Waals surface area contributed by atoms with Crippen molar-refractivity contribution in [1.82, 2.24) is 10.0 Å². The molecule has 0 unspecified atom stereocenters. The summed E-state index contributed by atoms with van der Waals surface area (Å²) in [5.41, 5.74) is 0. The number of rotatable bonds is 6. The molecule has 0 amide bonds. The van der Waals surface area contributed by atoms with Gasteiger partial charge in [-0.05, 0) is 28.8 Å². The van der Waals surface area contributed by atoms with Gasteiger partial charge >= 0.3 is 0 Å². The van der Waals surface area contributed by atoms with Crippen molar-refractivity contribution in [2.45, 2.75) is 50.2 Å². The third-order valence-electron chi connectivity index (χ3n) is 2.58. The molecule has 1 heterocycles. The second kappa shape index (κ2) is 5.32. The highest BCUT2D eigenvalue weighted by molar-refractivity contribution is 9.10. The van der Waals surface area contributed by atoms with Gasteiger partial charge in [-0.2, -0.15) is 0 Å². The Kier molecular flexibility index (Phi) is 4.15. The summed E-state index contributed by atoms with van der Waals surface area (Å²) < 4.78 is 32.3. The Hall–Kier alpha value is -0.370. The van der Waals surface area contributed by atoms with Crippen LogP contribution in [-0.2, 0) is 16.6 Å². The molecule has 0 bridgehead atoms. The van der Waals surface area contributed by atoms with E-state index in [1.165, 1.54) is 0 Å². The summed E-state index contributed by atoms with van der Waals surface area (Å²) in [6.45, 7) is 4.55. The van der Waals surface area contributed by atoms with Gasteiger partial charge in [-0.1, -0.05) is 13.8 Å². The minimum Gasteiger partial charge on any atom is -0.452 e. The van der Waals surface area contributed by atoms with E-state index >= 15 is 0 Å². The molecule has 0 radical (unpaired) electrons. The first-order chi connectivity index (χ1) is 8.38. The van der Waals surface area contributed by atoms with Crippen molar-refractivity contribution in [1.29, 1.82) is 0 Å². The zero-order chi connectivity index (χ0) is 13.3. The van der Waals surface area contributed by atoms with Crippen molar-refractivity contribution >= 4 is 26.0 Å². The summed E-state index contributed by atoms with van der Waals surface area (Å²) in [6, 6.07) is 1.97. The van der Waals surface area contributed by atoms with Crippen LogP contribution in [0.5, 0.6) is 0 Å².